The maximum atomic E-state index is 11.2. The first-order valence-electron chi connectivity index (χ1n) is 4.16. The van der Waals surface area contributed by atoms with E-state index < -0.39 is 5.97 Å². The van der Waals surface area contributed by atoms with Gasteiger partial charge in [0.05, 0.1) is 7.11 Å². The van der Waals surface area contributed by atoms with Gasteiger partial charge >= 0.3 is 5.97 Å². The number of rotatable bonds is 1. The third kappa shape index (κ3) is 1.61. The zero-order valence-corrected chi connectivity index (χ0v) is 8.96. The van der Waals surface area contributed by atoms with Gasteiger partial charge in [-0.2, -0.15) is 4.98 Å². The number of aryl methyl sites for hydroxylation is 1. The summed E-state index contributed by atoms with van der Waals surface area (Å²) >= 11 is 5.07. The second-order valence-electron chi connectivity index (χ2n) is 2.92. The van der Waals surface area contributed by atoms with E-state index >= 15 is 0 Å². The fraction of sp³-hybridized carbons (Fsp3) is 0.250. The number of H-pyrrole nitrogens is 1. The maximum Gasteiger partial charge on any atom is 0.356 e. The number of nitrogens with one attached hydrogen (secondary N) is 1. The Morgan fingerprint density at radius 1 is 1.60 bits per heavy atom. The van der Waals surface area contributed by atoms with Crippen molar-refractivity contribution in [3.8, 4) is 0 Å². The first-order chi connectivity index (χ1) is 7.11. The van der Waals surface area contributed by atoms with Gasteiger partial charge in [-0.05, 0) is 6.92 Å². The van der Waals surface area contributed by atoms with E-state index in [-0.39, 0.29) is 5.69 Å². The predicted octanol–water partition coefficient (Wildman–Crippen LogP) is 0.882. The molecule has 2 rings (SSSR count). The summed E-state index contributed by atoms with van der Waals surface area (Å²) in [5, 5.41) is 2.90. The van der Waals surface area contributed by atoms with E-state index in [1.807, 2.05) is 0 Å². The van der Waals surface area contributed by atoms with Crippen LogP contribution < -0.4 is 0 Å². The Morgan fingerprint density at radius 3 is 3.00 bits per heavy atom. The molecule has 0 aromatic carbocycles. The molecule has 6 nitrogen and oxygen atoms in total. The predicted molar refractivity (Wildman–Crippen MR) is 54.2 cm³/mol. The molecule has 0 unspecified atom stereocenters. The molecule has 7 heteroatoms. The Bertz CT molecular complexity index is 586. The van der Waals surface area contributed by atoms with E-state index in [1.165, 1.54) is 17.7 Å². The Kier molecular flexibility index (Phi) is 2.24. The van der Waals surface area contributed by atoms with Crippen molar-refractivity contribution in [3.05, 3.63) is 22.2 Å². The smallest absolute Gasteiger partial charge is 0.356 e. The van der Waals surface area contributed by atoms with Crippen molar-refractivity contribution >= 4 is 24.0 Å². The van der Waals surface area contributed by atoms with Crippen LogP contribution in [0.15, 0.2) is 6.07 Å². The minimum atomic E-state index is -0.524. The van der Waals surface area contributed by atoms with Gasteiger partial charge in [-0.15, -0.1) is 0 Å². The van der Waals surface area contributed by atoms with Crippen molar-refractivity contribution < 1.29 is 9.53 Å². The fourth-order valence-electron chi connectivity index (χ4n) is 1.20. The molecule has 78 valence electrons. The van der Waals surface area contributed by atoms with Crippen LogP contribution in [0.4, 0.5) is 0 Å². The van der Waals surface area contributed by atoms with Crippen molar-refractivity contribution in [1.82, 2.24) is 19.6 Å². The van der Waals surface area contributed by atoms with Gasteiger partial charge in [-0.3, -0.25) is 5.10 Å². The van der Waals surface area contributed by atoms with Gasteiger partial charge in [-0.1, -0.05) is 12.2 Å². The molecule has 1 N–H and O–H groups in total. The first kappa shape index (κ1) is 9.78. The van der Waals surface area contributed by atoms with Gasteiger partial charge in [0.1, 0.15) is 10.5 Å². The number of esters is 1. The number of fused-ring (bicyclic) bond motifs is 1. The highest BCUT2D eigenvalue weighted by atomic mass is 32.1. The summed E-state index contributed by atoms with van der Waals surface area (Å²) in [7, 11) is 1.29. The summed E-state index contributed by atoms with van der Waals surface area (Å²) in [6.07, 6.45) is 0. The normalized spacial score (nSPS) is 10.5. The summed E-state index contributed by atoms with van der Waals surface area (Å²) in [4.78, 5) is 19.3. The number of aromatic nitrogens is 4. The van der Waals surface area contributed by atoms with Crippen molar-refractivity contribution in [2.75, 3.05) is 7.11 Å². The molecule has 0 bridgehead atoms. The second kappa shape index (κ2) is 3.43. The number of aromatic amines is 1. The number of ether oxygens (including phenoxy) is 1. The SMILES string of the molecule is COC(=O)c1cc(=S)n2[nH]c(C)nc2n1. The Morgan fingerprint density at radius 2 is 2.33 bits per heavy atom. The molecule has 0 aliphatic rings. The summed E-state index contributed by atoms with van der Waals surface area (Å²) < 4.78 is 6.51. The lowest BCUT2D eigenvalue weighted by Gasteiger charge is -1.98. The molecular formula is C8H8N4O2S. The lowest BCUT2D eigenvalue weighted by molar-refractivity contribution is 0.0594. The summed E-state index contributed by atoms with van der Waals surface area (Å²) in [5.41, 5.74) is 0.161. The zero-order valence-electron chi connectivity index (χ0n) is 8.14. The van der Waals surface area contributed by atoms with Gasteiger partial charge in [0, 0.05) is 6.07 Å². The zero-order chi connectivity index (χ0) is 11.0. The lowest BCUT2D eigenvalue weighted by Crippen LogP contribution is -2.06. The van der Waals surface area contributed by atoms with E-state index in [9.17, 15) is 4.79 Å². The Hall–Kier alpha value is -1.76. The first-order valence-corrected chi connectivity index (χ1v) is 4.57. The average Bonchev–Trinajstić information content (AvgIpc) is 2.58. The molecule has 0 radical (unpaired) electrons. The van der Waals surface area contributed by atoms with Gasteiger partial charge < -0.3 is 4.74 Å². The lowest BCUT2D eigenvalue weighted by atomic mass is 10.4. The van der Waals surface area contributed by atoms with E-state index in [2.05, 4.69) is 19.8 Å². The number of hydrogen-bond donors (Lipinski definition) is 1. The van der Waals surface area contributed by atoms with Crippen molar-refractivity contribution in [2.24, 2.45) is 0 Å². The van der Waals surface area contributed by atoms with Gasteiger partial charge in [0.25, 0.3) is 5.78 Å². The highest BCUT2D eigenvalue weighted by molar-refractivity contribution is 7.71. The van der Waals surface area contributed by atoms with E-state index in [0.717, 1.165) is 0 Å². The standard InChI is InChI=1S/C8H8N4O2S/c1-4-9-8-10-5(7(13)14-2)3-6(15)12(8)11-4/h3H,1-2H3,(H,9,10,11). The third-order valence-corrected chi connectivity index (χ3v) is 2.14. The number of carbonyl (C=O) groups excluding carboxylic acids is 1. The molecule has 0 fully saturated rings. The van der Waals surface area contributed by atoms with Gasteiger partial charge in [0.15, 0.2) is 5.69 Å². The number of hydrogen-bond acceptors (Lipinski definition) is 5. The second-order valence-corrected chi connectivity index (χ2v) is 3.33. The van der Waals surface area contributed by atoms with Crippen molar-refractivity contribution in [3.63, 3.8) is 0 Å². The topological polar surface area (TPSA) is 72.3 Å². The monoisotopic (exact) mass is 224 g/mol. The molecule has 2 aromatic rings. The van der Waals surface area contributed by atoms with E-state index in [1.54, 1.807) is 6.92 Å². The molecule has 0 saturated heterocycles. The van der Waals surface area contributed by atoms with Crippen LogP contribution in [0.2, 0.25) is 0 Å². The van der Waals surface area contributed by atoms with E-state index in [0.29, 0.717) is 16.2 Å². The quantitative estimate of drug-likeness (QED) is 0.575. The van der Waals surface area contributed by atoms with Crippen LogP contribution in [0.1, 0.15) is 16.3 Å². The molecule has 2 heterocycles. The molecule has 2 aromatic heterocycles. The molecule has 0 saturated carbocycles. The Balaban J connectivity index is 2.72. The highest BCUT2D eigenvalue weighted by Crippen LogP contribution is 2.03. The molecule has 0 aliphatic heterocycles. The van der Waals surface area contributed by atoms with Crippen LogP contribution in [-0.2, 0) is 4.74 Å². The van der Waals surface area contributed by atoms with Crippen LogP contribution in [0.25, 0.3) is 5.78 Å². The highest BCUT2D eigenvalue weighted by Gasteiger charge is 2.10. The maximum absolute atomic E-state index is 11.2. The average molecular weight is 224 g/mol. The van der Waals surface area contributed by atoms with Crippen LogP contribution in [0.5, 0.6) is 0 Å². The summed E-state index contributed by atoms with van der Waals surface area (Å²) in [5.74, 6) is 0.514. The molecule has 0 spiro atoms. The number of carbonyl (C=O) groups is 1. The molecule has 0 aliphatic carbocycles. The summed E-state index contributed by atoms with van der Waals surface area (Å²) in [6.45, 7) is 1.78. The van der Waals surface area contributed by atoms with Crippen LogP contribution in [0, 0.1) is 11.6 Å². The summed E-state index contributed by atoms with van der Waals surface area (Å²) in [6, 6.07) is 1.46. The minimum absolute atomic E-state index is 0.161. The fourth-order valence-corrected chi connectivity index (χ4v) is 1.44. The largest absolute Gasteiger partial charge is 0.464 e. The molecule has 0 atom stereocenters. The number of methoxy groups -OCH3 is 1. The molecule has 15 heavy (non-hydrogen) atoms. The molecular weight excluding hydrogens is 216 g/mol. The Labute approximate surface area is 89.9 Å². The van der Waals surface area contributed by atoms with Crippen LogP contribution in [-0.4, -0.2) is 32.7 Å². The van der Waals surface area contributed by atoms with Crippen molar-refractivity contribution in [1.29, 1.82) is 0 Å². The van der Waals surface area contributed by atoms with E-state index in [4.69, 9.17) is 12.2 Å². The van der Waals surface area contributed by atoms with Gasteiger partial charge in [0.2, 0.25) is 0 Å². The third-order valence-electron chi connectivity index (χ3n) is 1.84. The molecule has 0 amide bonds. The van der Waals surface area contributed by atoms with Crippen molar-refractivity contribution in [2.45, 2.75) is 6.92 Å². The van der Waals surface area contributed by atoms with Gasteiger partial charge in [-0.25, -0.2) is 14.3 Å². The van der Waals surface area contributed by atoms with Crippen LogP contribution >= 0.6 is 12.2 Å². The van der Waals surface area contributed by atoms with Crippen LogP contribution in [0.3, 0.4) is 0 Å². The minimum Gasteiger partial charge on any atom is -0.464 e. The number of nitrogens with zero attached hydrogens (tertiary/aromatic N) is 3.